The van der Waals surface area contributed by atoms with Crippen LogP contribution in [0, 0.1) is 11.2 Å². The van der Waals surface area contributed by atoms with Gasteiger partial charge in [-0.05, 0) is 37.1 Å². The summed E-state index contributed by atoms with van der Waals surface area (Å²) in [4.78, 5) is 26.7. The number of nitrogens with two attached hydrogens (primary N) is 1. The first kappa shape index (κ1) is 20.6. The number of hydrogen-bond donors (Lipinski definition) is 1. The van der Waals surface area contributed by atoms with E-state index in [1.165, 1.54) is 30.7 Å². The van der Waals surface area contributed by atoms with Crippen molar-refractivity contribution in [3.8, 4) is 5.75 Å². The summed E-state index contributed by atoms with van der Waals surface area (Å²) >= 11 is 0. The molecular formula is C21H29FN2O4. The zero-order valence-electron chi connectivity index (χ0n) is 16.4. The van der Waals surface area contributed by atoms with E-state index in [4.69, 9.17) is 15.2 Å². The largest absolute Gasteiger partial charge is 0.490 e. The minimum absolute atomic E-state index is 0.0469. The van der Waals surface area contributed by atoms with E-state index < -0.39 is 11.5 Å². The average molecular weight is 392 g/mol. The molecule has 2 aliphatic rings. The maximum absolute atomic E-state index is 13.2. The van der Waals surface area contributed by atoms with Crippen molar-refractivity contribution in [2.45, 2.75) is 51.0 Å². The van der Waals surface area contributed by atoms with Gasteiger partial charge in [-0.2, -0.15) is 0 Å². The Hall–Kier alpha value is -2.15. The minimum atomic E-state index is -1.00. The van der Waals surface area contributed by atoms with Gasteiger partial charge in [0.05, 0.1) is 19.6 Å². The summed E-state index contributed by atoms with van der Waals surface area (Å²) in [5, 5.41) is 0. The molecule has 1 aliphatic carbocycles. The predicted molar refractivity (Wildman–Crippen MR) is 102 cm³/mol. The molecule has 1 saturated heterocycles. The first-order valence-corrected chi connectivity index (χ1v) is 9.92. The zero-order chi connectivity index (χ0) is 20.2. The Morgan fingerprint density at radius 1 is 1.21 bits per heavy atom. The van der Waals surface area contributed by atoms with Crippen LogP contribution in [-0.4, -0.2) is 48.6 Å². The van der Waals surface area contributed by atoms with Gasteiger partial charge in [-0.1, -0.05) is 26.2 Å². The molecule has 2 N–H and O–H groups in total. The average Bonchev–Trinajstić information content (AvgIpc) is 2.67. The molecule has 2 fully saturated rings. The number of nitrogens with zero attached hydrogens (tertiary/aromatic N) is 1. The molecule has 0 unspecified atom stereocenters. The highest BCUT2D eigenvalue weighted by Gasteiger charge is 2.45. The lowest BCUT2D eigenvalue weighted by Crippen LogP contribution is -2.60. The third-order valence-electron chi connectivity index (χ3n) is 5.82. The van der Waals surface area contributed by atoms with Gasteiger partial charge in [-0.25, -0.2) is 4.39 Å². The van der Waals surface area contributed by atoms with Gasteiger partial charge in [0.2, 0.25) is 11.8 Å². The Bertz CT molecular complexity index is 703. The number of halogens is 1. The molecule has 6 nitrogen and oxygen atoms in total. The number of primary amides is 1. The molecule has 0 bridgehead atoms. The highest BCUT2D eigenvalue weighted by molar-refractivity contribution is 5.83. The summed E-state index contributed by atoms with van der Waals surface area (Å²) in [5.41, 5.74) is 4.10. The molecule has 2 amide bonds. The van der Waals surface area contributed by atoms with E-state index in [0.717, 1.165) is 25.7 Å². The van der Waals surface area contributed by atoms with Gasteiger partial charge < -0.3 is 20.1 Å². The molecule has 28 heavy (non-hydrogen) atoms. The van der Waals surface area contributed by atoms with E-state index in [9.17, 15) is 14.0 Å². The third-order valence-corrected chi connectivity index (χ3v) is 5.82. The predicted octanol–water partition coefficient (Wildman–Crippen LogP) is 2.65. The molecular weight excluding hydrogens is 363 g/mol. The van der Waals surface area contributed by atoms with Crippen LogP contribution in [0.25, 0.3) is 0 Å². The number of amides is 2. The third kappa shape index (κ3) is 4.82. The molecule has 0 spiro atoms. The van der Waals surface area contributed by atoms with Crippen LogP contribution in [0.2, 0.25) is 0 Å². The Morgan fingerprint density at radius 2 is 1.89 bits per heavy atom. The van der Waals surface area contributed by atoms with Gasteiger partial charge in [0.1, 0.15) is 23.8 Å². The van der Waals surface area contributed by atoms with Crippen LogP contribution in [0.5, 0.6) is 5.75 Å². The number of benzene rings is 1. The first-order valence-electron chi connectivity index (χ1n) is 9.92. The number of hydrogen-bond acceptors (Lipinski definition) is 4. The van der Waals surface area contributed by atoms with Gasteiger partial charge in [0, 0.05) is 12.0 Å². The van der Waals surface area contributed by atoms with E-state index in [1.807, 2.05) is 6.92 Å². The lowest BCUT2D eigenvalue weighted by molar-refractivity contribution is -0.169. The topological polar surface area (TPSA) is 81.9 Å². The van der Waals surface area contributed by atoms with Crippen LogP contribution >= 0.6 is 0 Å². The number of rotatable bonds is 6. The Kier molecular flexibility index (Phi) is 6.23. The normalized spacial score (nSPS) is 24.6. The number of carbonyl (C=O) groups is 2. The fourth-order valence-electron chi connectivity index (χ4n) is 4.25. The Labute approximate surface area is 165 Å². The SMILES string of the molecule is CC1(C(=O)N2CCO[C@@](COc3ccc(F)cc3)(CC(N)=O)C2)CCCCC1. The lowest BCUT2D eigenvalue weighted by atomic mass is 9.74. The van der Waals surface area contributed by atoms with Crippen LogP contribution < -0.4 is 10.5 Å². The van der Waals surface area contributed by atoms with E-state index in [0.29, 0.717) is 18.9 Å². The maximum Gasteiger partial charge on any atom is 0.228 e. The first-order chi connectivity index (χ1) is 13.3. The van der Waals surface area contributed by atoms with Crippen molar-refractivity contribution in [2.24, 2.45) is 11.1 Å². The van der Waals surface area contributed by atoms with Crippen molar-refractivity contribution in [2.75, 3.05) is 26.3 Å². The van der Waals surface area contributed by atoms with Crippen molar-refractivity contribution in [3.63, 3.8) is 0 Å². The summed E-state index contributed by atoms with van der Waals surface area (Å²) in [7, 11) is 0. The smallest absolute Gasteiger partial charge is 0.228 e. The number of ether oxygens (including phenoxy) is 2. The summed E-state index contributed by atoms with van der Waals surface area (Å²) in [5.74, 6) is -0.283. The molecule has 7 heteroatoms. The highest BCUT2D eigenvalue weighted by Crippen LogP contribution is 2.38. The van der Waals surface area contributed by atoms with Crippen LogP contribution in [0.1, 0.15) is 45.4 Å². The molecule has 1 aromatic carbocycles. The fraction of sp³-hybridized carbons (Fsp3) is 0.619. The van der Waals surface area contributed by atoms with Crippen molar-refractivity contribution < 1.29 is 23.5 Å². The second-order valence-corrected chi connectivity index (χ2v) is 8.27. The minimum Gasteiger partial charge on any atom is -0.490 e. The van der Waals surface area contributed by atoms with Crippen molar-refractivity contribution in [3.05, 3.63) is 30.1 Å². The molecule has 1 atom stereocenters. The summed E-state index contributed by atoms with van der Waals surface area (Å²) < 4.78 is 24.8. The molecule has 1 saturated carbocycles. The van der Waals surface area contributed by atoms with E-state index in [1.54, 1.807) is 4.90 Å². The van der Waals surface area contributed by atoms with Gasteiger partial charge in [0.25, 0.3) is 0 Å². The van der Waals surface area contributed by atoms with Gasteiger partial charge in [0.15, 0.2) is 0 Å². The lowest BCUT2D eigenvalue weighted by Gasteiger charge is -2.45. The van der Waals surface area contributed by atoms with E-state index in [-0.39, 0.29) is 36.7 Å². The molecule has 154 valence electrons. The van der Waals surface area contributed by atoms with Crippen LogP contribution in [0.15, 0.2) is 24.3 Å². The summed E-state index contributed by atoms with van der Waals surface area (Å²) in [6.07, 6.45) is 5.02. The van der Waals surface area contributed by atoms with Crippen LogP contribution in [-0.2, 0) is 14.3 Å². The quantitative estimate of drug-likeness (QED) is 0.807. The summed E-state index contributed by atoms with van der Waals surface area (Å²) in [6, 6.07) is 5.64. The molecule has 3 rings (SSSR count). The van der Waals surface area contributed by atoms with Gasteiger partial charge >= 0.3 is 0 Å². The number of carbonyl (C=O) groups excluding carboxylic acids is 2. The van der Waals surface area contributed by atoms with Crippen molar-refractivity contribution in [1.29, 1.82) is 0 Å². The Balaban J connectivity index is 1.73. The second-order valence-electron chi connectivity index (χ2n) is 8.27. The van der Waals surface area contributed by atoms with Gasteiger partial charge in [-0.3, -0.25) is 9.59 Å². The monoisotopic (exact) mass is 392 g/mol. The molecule has 1 aliphatic heterocycles. The van der Waals surface area contributed by atoms with E-state index >= 15 is 0 Å². The van der Waals surface area contributed by atoms with E-state index in [2.05, 4.69) is 0 Å². The van der Waals surface area contributed by atoms with Crippen molar-refractivity contribution in [1.82, 2.24) is 4.90 Å². The zero-order valence-corrected chi connectivity index (χ0v) is 16.4. The maximum atomic E-state index is 13.2. The highest BCUT2D eigenvalue weighted by atomic mass is 19.1. The number of morpholine rings is 1. The Morgan fingerprint density at radius 3 is 2.54 bits per heavy atom. The van der Waals surface area contributed by atoms with Crippen LogP contribution in [0.3, 0.4) is 0 Å². The molecule has 0 radical (unpaired) electrons. The second kappa shape index (κ2) is 8.47. The van der Waals surface area contributed by atoms with Crippen LogP contribution in [0.4, 0.5) is 4.39 Å². The molecule has 1 heterocycles. The summed E-state index contributed by atoms with van der Waals surface area (Å²) in [6.45, 7) is 3.16. The fourth-order valence-corrected chi connectivity index (χ4v) is 4.25. The standard InChI is InChI=1S/C21H29FN2O4/c1-20(9-3-2-4-10-20)19(26)24-11-12-28-21(14-24,13-18(23)25)15-27-17-7-5-16(22)6-8-17/h5-8H,2-4,9-15H2,1H3,(H2,23,25)/t21-/m0/s1. The van der Waals surface area contributed by atoms with Gasteiger partial charge in [-0.15, -0.1) is 0 Å². The molecule has 1 aromatic rings. The van der Waals surface area contributed by atoms with Crippen molar-refractivity contribution >= 4 is 11.8 Å². The molecule has 0 aromatic heterocycles.